The molecular formula is C10H11FN4O. The third kappa shape index (κ3) is 1.62. The third-order valence-corrected chi connectivity index (χ3v) is 2.30. The molecule has 0 fully saturated rings. The zero-order chi connectivity index (χ0) is 11.7. The van der Waals surface area contributed by atoms with Gasteiger partial charge >= 0.3 is 0 Å². The van der Waals surface area contributed by atoms with Crippen molar-refractivity contribution in [2.24, 2.45) is 0 Å². The number of hydrogen-bond donors (Lipinski definition) is 0. The summed E-state index contributed by atoms with van der Waals surface area (Å²) in [5, 5.41) is 11.1. The molecule has 1 heterocycles. The SMILES string of the molecule is COc1cc(-n2nnnc2C)cc(C)c1F. The van der Waals surface area contributed by atoms with Crippen LogP contribution >= 0.6 is 0 Å². The Balaban J connectivity index is 2.59. The fraction of sp³-hybridized carbons (Fsp3) is 0.300. The molecule has 0 atom stereocenters. The van der Waals surface area contributed by atoms with Crippen LogP contribution in [0.5, 0.6) is 5.75 Å². The highest BCUT2D eigenvalue weighted by atomic mass is 19.1. The second kappa shape index (κ2) is 3.88. The zero-order valence-electron chi connectivity index (χ0n) is 9.23. The Labute approximate surface area is 91.8 Å². The predicted molar refractivity (Wildman–Crippen MR) is 55.1 cm³/mol. The van der Waals surface area contributed by atoms with E-state index in [-0.39, 0.29) is 11.6 Å². The number of hydrogen-bond acceptors (Lipinski definition) is 4. The van der Waals surface area contributed by atoms with Gasteiger partial charge in [0, 0.05) is 6.07 Å². The number of tetrazole rings is 1. The van der Waals surface area contributed by atoms with Crippen LogP contribution in [0, 0.1) is 19.7 Å². The summed E-state index contributed by atoms with van der Waals surface area (Å²) in [6, 6.07) is 3.23. The van der Waals surface area contributed by atoms with Gasteiger partial charge in [0.15, 0.2) is 17.4 Å². The number of aryl methyl sites for hydroxylation is 2. The summed E-state index contributed by atoms with van der Waals surface area (Å²) in [5.41, 5.74) is 1.17. The summed E-state index contributed by atoms with van der Waals surface area (Å²) in [6.45, 7) is 3.44. The van der Waals surface area contributed by atoms with Gasteiger partial charge in [0.1, 0.15) is 0 Å². The molecule has 84 valence electrons. The van der Waals surface area contributed by atoms with E-state index in [4.69, 9.17) is 4.74 Å². The zero-order valence-corrected chi connectivity index (χ0v) is 9.23. The van der Waals surface area contributed by atoms with Crippen molar-refractivity contribution >= 4 is 0 Å². The number of benzene rings is 1. The number of rotatable bonds is 2. The molecule has 0 unspecified atom stereocenters. The van der Waals surface area contributed by atoms with Gasteiger partial charge in [0.25, 0.3) is 0 Å². The van der Waals surface area contributed by atoms with Gasteiger partial charge < -0.3 is 4.74 Å². The number of ether oxygens (including phenoxy) is 1. The van der Waals surface area contributed by atoms with Gasteiger partial charge in [-0.15, -0.1) is 5.10 Å². The molecule has 2 rings (SSSR count). The van der Waals surface area contributed by atoms with Crippen molar-refractivity contribution < 1.29 is 9.13 Å². The molecule has 0 spiro atoms. The van der Waals surface area contributed by atoms with E-state index in [0.29, 0.717) is 17.1 Å². The molecule has 1 aromatic heterocycles. The van der Waals surface area contributed by atoms with E-state index in [1.54, 1.807) is 26.0 Å². The molecule has 0 saturated carbocycles. The van der Waals surface area contributed by atoms with E-state index < -0.39 is 0 Å². The third-order valence-electron chi connectivity index (χ3n) is 2.30. The first-order chi connectivity index (χ1) is 7.63. The van der Waals surface area contributed by atoms with Crippen molar-refractivity contribution in [1.82, 2.24) is 20.2 Å². The molecule has 0 N–H and O–H groups in total. The van der Waals surface area contributed by atoms with E-state index >= 15 is 0 Å². The van der Waals surface area contributed by atoms with Gasteiger partial charge in [-0.25, -0.2) is 4.39 Å². The normalized spacial score (nSPS) is 10.5. The minimum absolute atomic E-state index is 0.185. The highest BCUT2D eigenvalue weighted by molar-refractivity contribution is 5.44. The molecule has 1 aromatic carbocycles. The Morgan fingerprint density at radius 3 is 2.62 bits per heavy atom. The van der Waals surface area contributed by atoms with Gasteiger partial charge in [-0.05, 0) is 35.9 Å². The lowest BCUT2D eigenvalue weighted by Crippen LogP contribution is -2.02. The van der Waals surface area contributed by atoms with E-state index in [2.05, 4.69) is 15.5 Å². The molecule has 0 aliphatic heterocycles. The van der Waals surface area contributed by atoms with Crippen molar-refractivity contribution in [2.75, 3.05) is 7.11 Å². The minimum atomic E-state index is -0.364. The highest BCUT2D eigenvalue weighted by Crippen LogP contribution is 2.24. The molecule has 5 nitrogen and oxygen atoms in total. The Morgan fingerprint density at radius 1 is 1.31 bits per heavy atom. The fourth-order valence-electron chi connectivity index (χ4n) is 1.46. The predicted octanol–water partition coefficient (Wildman–Crippen LogP) is 1.43. The maximum atomic E-state index is 13.5. The first kappa shape index (κ1) is 10.5. The first-order valence-electron chi connectivity index (χ1n) is 4.73. The van der Waals surface area contributed by atoms with Crippen molar-refractivity contribution in [2.45, 2.75) is 13.8 Å². The molecule has 2 aromatic rings. The van der Waals surface area contributed by atoms with Crippen LogP contribution in [0.15, 0.2) is 12.1 Å². The summed E-state index contributed by atoms with van der Waals surface area (Å²) in [7, 11) is 1.42. The molecule has 0 aliphatic rings. The van der Waals surface area contributed by atoms with Crippen LogP contribution in [0.1, 0.15) is 11.4 Å². The maximum absolute atomic E-state index is 13.5. The summed E-state index contributed by atoms with van der Waals surface area (Å²) < 4.78 is 20.0. The molecule has 0 bridgehead atoms. The molecule has 0 saturated heterocycles. The van der Waals surface area contributed by atoms with Crippen LogP contribution in [0.2, 0.25) is 0 Å². The molecule has 16 heavy (non-hydrogen) atoms. The Morgan fingerprint density at radius 2 is 2.06 bits per heavy atom. The van der Waals surface area contributed by atoms with Crippen LogP contribution in [-0.2, 0) is 0 Å². The summed E-state index contributed by atoms with van der Waals surface area (Å²) in [6.07, 6.45) is 0. The quantitative estimate of drug-likeness (QED) is 0.771. The van der Waals surface area contributed by atoms with Crippen molar-refractivity contribution in [3.63, 3.8) is 0 Å². The van der Waals surface area contributed by atoms with Crippen LogP contribution in [0.3, 0.4) is 0 Å². The molecular weight excluding hydrogens is 211 g/mol. The molecule has 6 heteroatoms. The Hall–Kier alpha value is -1.98. The second-order valence-electron chi connectivity index (χ2n) is 3.42. The summed E-state index contributed by atoms with van der Waals surface area (Å²) >= 11 is 0. The van der Waals surface area contributed by atoms with Gasteiger partial charge in [-0.3, -0.25) is 0 Å². The van der Waals surface area contributed by atoms with Gasteiger partial charge in [-0.2, -0.15) is 4.68 Å². The lowest BCUT2D eigenvalue weighted by Gasteiger charge is -2.08. The van der Waals surface area contributed by atoms with Gasteiger partial charge in [0.2, 0.25) is 0 Å². The minimum Gasteiger partial charge on any atom is -0.494 e. The van der Waals surface area contributed by atoms with Crippen molar-refractivity contribution in [3.8, 4) is 11.4 Å². The second-order valence-corrected chi connectivity index (χ2v) is 3.42. The Kier molecular flexibility index (Phi) is 2.55. The first-order valence-corrected chi connectivity index (χ1v) is 4.73. The van der Waals surface area contributed by atoms with E-state index in [1.807, 2.05) is 0 Å². The van der Waals surface area contributed by atoms with Gasteiger partial charge in [0.05, 0.1) is 12.8 Å². The molecule has 0 amide bonds. The number of aromatic nitrogens is 4. The van der Waals surface area contributed by atoms with Crippen LogP contribution in [0.4, 0.5) is 4.39 Å². The van der Waals surface area contributed by atoms with Crippen LogP contribution in [-0.4, -0.2) is 27.3 Å². The van der Waals surface area contributed by atoms with Crippen LogP contribution < -0.4 is 4.74 Å². The smallest absolute Gasteiger partial charge is 0.168 e. The molecule has 0 radical (unpaired) electrons. The van der Waals surface area contributed by atoms with Crippen LogP contribution in [0.25, 0.3) is 5.69 Å². The molecule has 0 aliphatic carbocycles. The standard InChI is InChI=1S/C10H11FN4O/c1-6-4-8(5-9(16-3)10(6)11)15-7(2)12-13-14-15/h4-5H,1-3H3. The largest absolute Gasteiger partial charge is 0.494 e. The van der Waals surface area contributed by atoms with Gasteiger partial charge in [-0.1, -0.05) is 0 Å². The van der Waals surface area contributed by atoms with E-state index in [0.717, 1.165) is 0 Å². The highest BCUT2D eigenvalue weighted by Gasteiger charge is 2.11. The lowest BCUT2D eigenvalue weighted by atomic mass is 10.2. The van der Waals surface area contributed by atoms with Crippen molar-refractivity contribution in [3.05, 3.63) is 29.3 Å². The number of halogens is 1. The maximum Gasteiger partial charge on any atom is 0.168 e. The Bertz CT molecular complexity index is 524. The fourth-order valence-corrected chi connectivity index (χ4v) is 1.46. The monoisotopic (exact) mass is 222 g/mol. The number of methoxy groups -OCH3 is 1. The number of nitrogens with zero attached hydrogens (tertiary/aromatic N) is 4. The van der Waals surface area contributed by atoms with Crippen molar-refractivity contribution in [1.29, 1.82) is 0 Å². The van der Waals surface area contributed by atoms with E-state index in [9.17, 15) is 4.39 Å². The average Bonchev–Trinajstić information content (AvgIpc) is 2.68. The average molecular weight is 222 g/mol. The topological polar surface area (TPSA) is 52.8 Å². The summed E-state index contributed by atoms with van der Waals surface area (Å²) in [5.74, 6) is 0.454. The lowest BCUT2D eigenvalue weighted by molar-refractivity contribution is 0.384. The van der Waals surface area contributed by atoms with E-state index in [1.165, 1.54) is 11.8 Å². The summed E-state index contributed by atoms with van der Waals surface area (Å²) in [4.78, 5) is 0.